The molecule has 0 saturated carbocycles. The number of hydrogen-bond acceptors (Lipinski definition) is 5. The Balaban J connectivity index is 1.51. The number of rotatable bonds is 6. The molecule has 1 aliphatic rings. The van der Waals surface area contributed by atoms with Gasteiger partial charge in [0.25, 0.3) is 0 Å². The van der Waals surface area contributed by atoms with Gasteiger partial charge in [-0.3, -0.25) is 4.79 Å². The molecule has 0 aliphatic carbocycles. The second-order valence-electron chi connectivity index (χ2n) is 8.59. The average Bonchev–Trinajstić information content (AvgIpc) is 3.30. The Hall–Kier alpha value is -3.41. The van der Waals surface area contributed by atoms with Gasteiger partial charge in [0.05, 0.1) is 24.9 Å². The standard InChI is InChI=1S/C26H30N4O2/c1-18-5-9-20(10-6-18)23-16-24(28-26(27-23)29(2)3)21-13-14-30(17-21)25(31)15-19-7-11-22(32-4)12-8-19/h5-12,16,21H,13-15,17H2,1-4H3/t21-/m0/s1. The van der Waals surface area contributed by atoms with Crippen LogP contribution < -0.4 is 9.64 Å². The Morgan fingerprint density at radius 1 is 1.09 bits per heavy atom. The van der Waals surface area contributed by atoms with Crippen molar-refractivity contribution >= 4 is 11.9 Å². The summed E-state index contributed by atoms with van der Waals surface area (Å²) in [5.74, 6) is 1.85. The van der Waals surface area contributed by atoms with E-state index < -0.39 is 0 Å². The lowest BCUT2D eigenvalue weighted by Gasteiger charge is -2.18. The van der Waals surface area contributed by atoms with Crippen molar-refractivity contribution in [2.24, 2.45) is 0 Å². The lowest BCUT2D eigenvalue weighted by atomic mass is 10.0. The molecule has 0 unspecified atom stereocenters. The summed E-state index contributed by atoms with van der Waals surface area (Å²) in [6.07, 6.45) is 1.31. The van der Waals surface area contributed by atoms with Crippen LogP contribution in [0.1, 0.15) is 29.2 Å². The normalized spacial score (nSPS) is 15.6. The number of nitrogens with zero attached hydrogens (tertiary/aromatic N) is 4. The van der Waals surface area contributed by atoms with Crippen LogP contribution in [0.25, 0.3) is 11.3 Å². The number of methoxy groups -OCH3 is 1. The number of carbonyl (C=O) groups is 1. The fourth-order valence-electron chi connectivity index (χ4n) is 3.99. The minimum Gasteiger partial charge on any atom is -0.497 e. The van der Waals surface area contributed by atoms with Crippen molar-refractivity contribution in [1.29, 1.82) is 0 Å². The highest BCUT2D eigenvalue weighted by atomic mass is 16.5. The van der Waals surface area contributed by atoms with Crippen LogP contribution in [0.2, 0.25) is 0 Å². The van der Waals surface area contributed by atoms with Gasteiger partial charge < -0.3 is 14.5 Å². The summed E-state index contributed by atoms with van der Waals surface area (Å²) in [7, 11) is 5.55. The monoisotopic (exact) mass is 430 g/mol. The van der Waals surface area contributed by atoms with Crippen LogP contribution in [0.4, 0.5) is 5.95 Å². The zero-order valence-electron chi connectivity index (χ0n) is 19.2. The Bertz CT molecular complexity index is 1080. The molecule has 4 rings (SSSR count). The molecule has 32 heavy (non-hydrogen) atoms. The number of anilines is 1. The number of aryl methyl sites for hydroxylation is 1. The number of benzene rings is 2. The maximum Gasteiger partial charge on any atom is 0.227 e. The van der Waals surface area contributed by atoms with Crippen LogP contribution >= 0.6 is 0 Å². The second-order valence-corrected chi connectivity index (χ2v) is 8.59. The maximum atomic E-state index is 12.9. The van der Waals surface area contributed by atoms with Crippen molar-refractivity contribution < 1.29 is 9.53 Å². The summed E-state index contributed by atoms with van der Waals surface area (Å²) in [6, 6.07) is 18.2. The fraction of sp³-hybridized carbons (Fsp3) is 0.346. The molecular formula is C26H30N4O2. The molecule has 1 amide bonds. The van der Waals surface area contributed by atoms with Gasteiger partial charge in [-0.1, -0.05) is 42.0 Å². The van der Waals surface area contributed by atoms with Crippen LogP contribution in [0.15, 0.2) is 54.6 Å². The van der Waals surface area contributed by atoms with Crippen molar-refractivity contribution in [3.05, 3.63) is 71.4 Å². The molecule has 2 heterocycles. The smallest absolute Gasteiger partial charge is 0.227 e. The zero-order chi connectivity index (χ0) is 22.7. The van der Waals surface area contributed by atoms with Gasteiger partial charge in [0.2, 0.25) is 11.9 Å². The van der Waals surface area contributed by atoms with E-state index in [2.05, 4.69) is 37.3 Å². The molecular weight excluding hydrogens is 400 g/mol. The van der Waals surface area contributed by atoms with Gasteiger partial charge in [-0.2, -0.15) is 0 Å². The fourth-order valence-corrected chi connectivity index (χ4v) is 3.99. The highest BCUT2D eigenvalue weighted by Crippen LogP contribution is 2.30. The number of hydrogen-bond donors (Lipinski definition) is 0. The SMILES string of the molecule is COc1ccc(CC(=O)N2CC[C@H](c3cc(-c4ccc(C)cc4)nc(N(C)C)n3)C2)cc1. The van der Waals surface area contributed by atoms with Crippen LogP contribution in [0.5, 0.6) is 5.75 Å². The summed E-state index contributed by atoms with van der Waals surface area (Å²) in [4.78, 5) is 26.4. The lowest BCUT2D eigenvalue weighted by molar-refractivity contribution is -0.129. The van der Waals surface area contributed by atoms with Gasteiger partial charge >= 0.3 is 0 Å². The number of likely N-dealkylation sites (tertiary alicyclic amines) is 1. The first-order valence-corrected chi connectivity index (χ1v) is 11.0. The predicted octanol–water partition coefficient (Wildman–Crippen LogP) is 4.09. The molecule has 0 bridgehead atoms. The van der Waals surface area contributed by atoms with Crippen LogP contribution in [-0.2, 0) is 11.2 Å². The van der Waals surface area contributed by atoms with Gasteiger partial charge in [0.1, 0.15) is 5.75 Å². The zero-order valence-corrected chi connectivity index (χ0v) is 19.2. The molecule has 2 aromatic carbocycles. The lowest BCUT2D eigenvalue weighted by Crippen LogP contribution is -2.30. The molecule has 1 saturated heterocycles. The third-order valence-corrected chi connectivity index (χ3v) is 5.96. The number of aromatic nitrogens is 2. The van der Waals surface area contributed by atoms with Crippen molar-refractivity contribution in [3.8, 4) is 17.0 Å². The number of amides is 1. The molecule has 6 heteroatoms. The Kier molecular flexibility index (Phi) is 6.40. The van der Waals surface area contributed by atoms with Gasteiger partial charge in [-0.05, 0) is 37.1 Å². The number of carbonyl (C=O) groups excluding carboxylic acids is 1. The van der Waals surface area contributed by atoms with Crippen molar-refractivity contribution in [3.63, 3.8) is 0 Å². The van der Waals surface area contributed by atoms with E-state index in [0.717, 1.165) is 41.2 Å². The van der Waals surface area contributed by atoms with Crippen molar-refractivity contribution in [2.45, 2.75) is 25.7 Å². The van der Waals surface area contributed by atoms with Gasteiger partial charge in [0.15, 0.2) is 0 Å². The van der Waals surface area contributed by atoms with Crippen molar-refractivity contribution in [2.75, 3.05) is 39.2 Å². The van der Waals surface area contributed by atoms with Crippen LogP contribution in [-0.4, -0.2) is 55.1 Å². The molecule has 3 aromatic rings. The predicted molar refractivity (Wildman–Crippen MR) is 127 cm³/mol. The van der Waals surface area contributed by atoms with Gasteiger partial charge in [0, 0.05) is 38.7 Å². The van der Waals surface area contributed by atoms with E-state index in [1.165, 1.54) is 5.56 Å². The van der Waals surface area contributed by atoms with Crippen LogP contribution in [0, 0.1) is 6.92 Å². The molecule has 0 N–H and O–H groups in total. The Morgan fingerprint density at radius 2 is 1.81 bits per heavy atom. The molecule has 1 fully saturated rings. The van der Waals surface area contributed by atoms with E-state index in [-0.39, 0.29) is 11.8 Å². The molecule has 0 spiro atoms. The molecule has 1 aliphatic heterocycles. The minimum absolute atomic E-state index is 0.151. The summed E-state index contributed by atoms with van der Waals surface area (Å²) in [5.41, 5.74) is 5.21. The van der Waals surface area contributed by atoms with E-state index in [9.17, 15) is 4.79 Å². The topological polar surface area (TPSA) is 58.6 Å². The molecule has 1 atom stereocenters. The van der Waals surface area contributed by atoms with Crippen molar-refractivity contribution in [1.82, 2.24) is 14.9 Å². The Morgan fingerprint density at radius 3 is 2.47 bits per heavy atom. The van der Waals surface area contributed by atoms with Gasteiger partial charge in [-0.25, -0.2) is 9.97 Å². The maximum absolute atomic E-state index is 12.9. The first-order chi connectivity index (χ1) is 15.4. The quantitative estimate of drug-likeness (QED) is 0.590. The third-order valence-electron chi connectivity index (χ3n) is 5.96. The van der Waals surface area contributed by atoms with Crippen LogP contribution in [0.3, 0.4) is 0 Å². The largest absolute Gasteiger partial charge is 0.497 e. The molecule has 1 aromatic heterocycles. The molecule has 0 radical (unpaired) electrons. The average molecular weight is 431 g/mol. The van der Waals surface area contributed by atoms with Gasteiger partial charge in [-0.15, -0.1) is 0 Å². The number of ether oxygens (including phenoxy) is 1. The minimum atomic E-state index is 0.151. The molecule has 166 valence electrons. The van der Waals surface area contributed by atoms with E-state index in [4.69, 9.17) is 14.7 Å². The first kappa shape index (κ1) is 21.8. The molecule has 6 nitrogen and oxygen atoms in total. The second kappa shape index (κ2) is 9.39. The van der Waals surface area contributed by atoms with E-state index in [1.54, 1.807) is 7.11 Å². The Labute approximate surface area is 189 Å². The van der Waals surface area contributed by atoms with E-state index in [1.807, 2.05) is 48.2 Å². The van der Waals surface area contributed by atoms with E-state index in [0.29, 0.717) is 18.9 Å². The highest BCUT2D eigenvalue weighted by molar-refractivity contribution is 5.79. The highest BCUT2D eigenvalue weighted by Gasteiger charge is 2.29. The summed E-state index contributed by atoms with van der Waals surface area (Å²) in [6.45, 7) is 3.52. The van der Waals surface area contributed by atoms with E-state index >= 15 is 0 Å². The summed E-state index contributed by atoms with van der Waals surface area (Å²) >= 11 is 0. The summed E-state index contributed by atoms with van der Waals surface area (Å²) in [5, 5.41) is 0. The summed E-state index contributed by atoms with van der Waals surface area (Å²) < 4.78 is 5.20. The first-order valence-electron chi connectivity index (χ1n) is 11.0. The third kappa shape index (κ3) is 4.90.